The van der Waals surface area contributed by atoms with Crippen LogP contribution < -0.4 is 0 Å². The molecular weight excluding hydrogens is 268 g/mol. The van der Waals surface area contributed by atoms with E-state index in [1.807, 2.05) is 0 Å². The molecule has 4 atom stereocenters. The van der Waals surface area contributed by atoms with E-state index < -0.39 is 0 Å². The number of hydrogen-bond donors (Lipinski definition) is 0. The van der Waals surface area contributed by atoms with Crippen LogP contribution in [0.15, 0.2) is 0 Å². The van der Waals surface area contributed by atoms with Gasteiger partial charge < -0.3 is 14.2 Å². The minimum Gasteiger partial charge on any atom is -0.463 e. The molecule has 1 heterocycles. The molecule has 1 rings (SSSR count). The fourth-order valence-electron chi connectivity index (χ4n) is 2.07. The van der Waals surface area contributed by atoms with Crippen molar-refractivity contribution in [1.29, 1.82) is 0 Å². The Labute approximate surface area is 118 Å². The Morgan fingerprint density at radius 1 is 1.32 bits per heavy atom. The van der Waals surface area contributed by atoms with Crippen molar-refractivity contribution in [3.63, 3.8) is 0 Å². The standard InChI is InChI=1S/C13H22O5S/c1-5-19-13-8(2)6-11(17-10(4)15)12(18-13)7-16-9(3)14/h8,11-13H,5-7H2,1-4H3/t8-,11-,12?,13?/m0/s1. The normalized spacial score (nSPS) is 30.7. The van der Waals surface area contributed by atoms with Crippen molar-refractivity contribution in [3.05, 3.63) is 0 Å². The lowest BCUT2D eigenvalue weighted by Gasteiger charge is -2.39. The second-order valence-corrected chi connectivity index (χ2v) is 6.04. The molecule has 1 aliphatic rings. The van der Waals surface area contributed by atoms with Crippen LogP contribution >= 0.6 is 11.8 Å². The third-order valence-corrected chi connectivity index (χ3v) is 4.13. The van der Waals surface area contributed by atoms with Gasteiger partial charge in [0.2, 0.25) is 0 Å². The lowest BCUT2D eigenvalue weighted by Crippen LogP contribution is -2.46. The highest BCUT2D eigenvalue weighted by molar-refractivity contribution is 7.99. The maximum Gasteiger partial charge on any atom is 0.302 e. The number of carbonyl (C=O) groups is 2. The minimum absolute atomic E-state index is 0.0531. The molecule has 0 aromatic heterocycles. The molecule has 2 unspecified atom stereocenters. The molecule has 1 saturated heterocycles. The van der Waals surface area contributed by atoms with Gasteiger partial charge in [-0.3, -0.25) is 9.59 Å². The lowest BCUT2D eigenvalue weighted by atomic mass is 9.97. The third-order valence-electron chi connectivity index (χ3n) is 2.89. The van der Waals surface area contributed by atoms with Crippen LogP contribution in [0.3, 0.4) is 0 Å². The Morgan fingerprint density at radius 3 is 2.53 bits per heavy atom. The van der Waals surface area contributed by atoms with E-state index in [1.54, 1.807) is 11.8 Å². The summed E-state index contributed by atoms with van der Waals surface area (Å²) in [5.41, 5.74) is 0.0531. The monoisotopic (exact) mass is 290 g/mol. The first-order chi connectivity index (χ1) is 8.93. The van der Waals surface area contributed by atoms with Gasteiger partial charge in [0.15, 0.2) is 0 Å². The van der Waals surface area contributed by atoms with E-state index in [9.17, 15) is 9.59 Å². The summed E-state index contributed by atoms with van der Waals surface area (Å²) in [6, 6.07) is 0. The number of rotatable bonds is 5. The fourth-order valence-corrected chi connectivity index (χ4v) is 3.06. The Balaban J connectivity index is 2.66. The zero-order valence-electron chi connectivity index (χ0n) is 11.9. The topological polar surface area (TPSA) is 61.8 Å². The van der Waals surface area contributed by atoms with E-state index in [-0.39, 0.29) is 36.2 Å². The van der Waals surface area contributed by atoms with E-state index in [0.717, 1.165) is 12.2 Å². The van der Waals surface area contributed by atoms with Crippen molar-refractivity contribution in [2.75, 3.05) is 12.4 Å². The van der Waals surface area contributed by atoms with Crippen LogP contribution in [0.1, 0.15) is 34.1 Å². The van der Waals surface area contributed by atoms with E-state index >= 15 is 0 Å². The lowest BCUT2D eigenvalue weighted by molar-refractivity contribution is -0.178. The minimum atomic E-state index is -0.381. The maximum absolute atomic E-state index is 11.1. The summed E-state index contributed by atoms with van der Waals surface area (Å²) in [5.74, 6) is 0.551. The first kappa shape index (κ1) is 16.3. The second-order valence-electron chi connectivity index (χ2n) is 4.66. The average molecular weight is 290 g/mol. The first-order valence-corrected chi connectivity index (χ1v) is 7.56. The van der Waals surface area contributed by atoms with Crippen LogP contribution in [-0.4, -0.2) is 41.9 Å². The zero-order chi connectivity index (χ0) is 14.4. The van der Waals surface area contributed by atoms with Gasteiger partial charge in [0.25, 0.3) is 0 Å². The summed E-state index contributed by atoms with van der Waals surface area (Å²) in [4.78, 5) is 22.0. The van der Waals surface area contributed by atoms with Gasteiger partial charge in [-0.25, -0.2) is 0 Å². The molecule has 0 N–H and O–H groups in total. The van der Waals surface area contributed by atoms with Crippen LogP contribution in [0.2, 0.25) is 0 Å². The SMILES string of the molecule is CCSC1OC(COC(C)=O)[C@@H](OC(C)=O)C[C@@H]1C. The van der Waals surface area contributed by atoms with Gasteiger partial charge in [-0.05, 0) is 18.1 Å². The molecule has 0 aliphatic carbocycles. The van der Waals surface area contributed by atoms with Crippen molar-refractivity contribution < 1.29 is 23.8 Å². The van der Waals surface area contributed by atoms with Crippen LogP contribution in [0.5, 0.6) is 0 Å². The van der Waals surface area contributed by atoms with E-state index in [1.165, 1.54) is 13.8 Å². The van der Waals surface area contributed by atoms with Crippen LogP contribution in [-0.2, 0) is 23.8 Å². The van der Waals surface area contributed by atoms with Crippen molar-refractivity contribution in [2.45, 2.75) is 51.8 Å². The van der Waals surface area contributed by atoms with Crippen LogP contribution in [0.25, 0.3) is 0 Å². The molecule has 1 aliphatic heterocycles. The molecule has 6 heteroatoms. The van der Waals surface area contributed by atoms with Gasteiger partial charge in [0.05, 0.1) is 0 Å². The smallest absolute Gasteiger partial charge is 0.302 e. The summed E-state index contributed by atoms with van der Waals surface area (Å²) in [6.07, 6.45) is -0.00277. The fraction of sp³-hybridized carbons (Fsp3) is 0.846. The molecule has 0 radical (unpaired) electrons. The predicted octanol–water partition coefficient (Wildman–Crippen LogP) is 1.99. The Morgan fingerprint density at radius 2 is 2.00 bits per heavy atom. The van der Waals surface area contributed by atoms with Gasteiger partial charge in [-0.15, -0.1) is 11.8 Å². The van der Waals surface area contributed by atoms with Gasteiger partial charge >= 0.3 is 11.9 Å². The van der Waals surface area contributed by atoms with Gasteiger partial charge in [0, 0.05) is 13.8 Å². The van der Waals surface area contributed by atoms with Crippen molar-refractivity contribution in [3.8, 4) is 0 Å². The van der Waals surface area contributed by atoms with Crippen LogP contribution in [0.4, 0.5) is 0 Å². The Hall–Kier alpha value is -0.750. The molecule has 19 heavy (non-hydrogen) atoms. The molecule has 0 aromatic rings. The summed E-state index contributed by atoms with van der Waals surface area (Å²) < 4.78 is 16.2. The van der Waals surface area contributed by atoms with E-state index in [0.29, 0.717) is 5.92 Å². The molecule has 5 nitrogen and oxygen atoms in total. The molecule has 0 bridgehead atoms. The van der Waals surface area contributed by atoms with Gasteiger partial charge in [-0.2, -0.15) is 0 Å². The first-order valence-electron chi connectivity index (χ1n) is 6.51. The summed E-state index contributed by atoms with van der Waals surface area (Å²) in [5, 5.41) is 0. The van der Waals surface area contributed by atoms with Crippen molar-refractivity contribution in [1.82, 2.24) is 0 Å². The number of esters is 2. The van der Waals surface area contributed by atoms with Crippen LogP contribution in [0, 0.1) is 5.92 Å². The summed E-state index contributed by atoms with van der Waals surface area (Å²) in [6.45, 7) is 7.00. The van der Waals surface area contributed by atoms with Gasteiger partial charge in [-0.1, -0.05) is 13.8 Å². The highest BCUT2D eigenvalue weighted by atomic mass is 32.2. The molecular formula is C13H22O5S. The summed E-state index contributed by atoms with van der Waals surface area (Å²) in [7, 11) is 0. The maximum atomic E-state index is 11.1. The Kier molecular flexibility index (Phi) is 6.65. The Bertz CT molecular complexity index is 320. The number of carbonyl (C=O) groups excluding carboxylic acids is 2. The van der Waals surface area contributed by atoms with Crippen molar-refractivity contribution in [2.24, 2.45) is 5.92 Å². The predicted molar refractivity (Wildman–Crippen MR) is 72.8 cm³/mol. The highest BCUT2D eigenvalue weighted by Crippen LogP contribution is 2.33. The molecule has 0 spiro atoms. The number of thioether (sulfide) groups is 1. The van der Waals surface area contributed by atoms with Gasteiger partial charge in [0.1, 0.15) is 24.3 Å². The highest BCUT2D eigenvalue weighted by Gasteiger charge is 2.38. The molecule has 110 valence electrons. The number of ether oxygens (including phenoxy) is 3. The molecule has 0 aromatic carbocycles. The average Bonchev–Trinajstić information content (AvgIpc) is 2.30. The quantitative estimate of drug-likeness (QED) is 0.722. The molecule has 0 amide bonds. The second kappa shape index (κ2) is 7.75. The third kappa shape index (κ3) is 5.40. The molecule has 0 saturated carbocycles. The largest absolute Gasteiger partial charge is 0.463 e. The zero-order valence-corrected chi connectivity index (χ0v) is 12.7. The van der Waals surface area contributed by atoms with E-state index in [2.05, 4.69) is 13.8 Å². The van der Waals surface area contributed by atoms with Crippen molar-refractivity contribution >= 4 is 23.7 Å². The van der Waals surface area contributed by atoms with E-state index in [4.69, 9.17) is 14.2 Å². The number of hydrogen-bond acceptors (Lipinski definition) is 6. The molecule has 1 fully saturated rings. The summed E-state index contributed by atoms with van der Waals surface area (Å²) >= 11 is 1.72.